The molecule has 0 saturated carbocycles. The molecule has 1 unspecified atom stereocenters. The van der Waals surface area contributed by atoms with Crippen molar-refractivity contribution in [2.75, 3.05) is 13.6 Å². The Morgan fingerprint density at radius 1 is 0.875 bits per heavy atom. The number of carbonyl (C=O) groups is 1. The summed E-state index contributed by atoms with van der Waals surface area (Å²) in [6.45, 7) is -0.302. The van der Waals surface area contributed by atoms with Crippen molar-refractivity contribution in [2.24, 2.45) is 0 Å². The molecule has 1 aromatic heterocycles. The smallest absolute Gasteiger partial charge is 0.243 e. The van der Waals surface area contributed by atoms with Crippen LogP contribution in [0.4, 0.5) is 0 Å². The molecule has 7 heteroatoms. The minimum atomic E-state index is -3.83. The van der Waals surface area contributed by atoms with Gasteiger partial charge in [0, 0.05) is 19.4 Å². The van der Waals surface area contributed by atoms with E-state index in [9.17, 15) is 13.2 Å². The number of amides is 1. The maximum absolute atomic E-state index is 13.1. The first-order chi connectivity index (χ1) is 15.4. The average molecular weight is 446 g/mol. The molecule has 0 fully saturated rings. The molecule has 1 atom stereocenters. The lowest BCUT2D eigenvalue weighted by Gasteiger charge is -2.22. The van der Waals surface area contributed by atoms with E-state index in [-0.39, 0.29) is 11.4 Å². The van der Waals surface area contributed by atoms with E-state index in [1.807, 2.05) is 66.7 Å². The highest BCUT2D eigenvalue weighted by Gasteiger charge is 2.25. The van der Waals surface area contributed by atoms with Crippen molar-refractivity contribution in [1.82, 2.24) is 14.6 Å². The van der Waals surface area contributed by atoms with Crippen LogP contribution in [0.5, 0.6) is 0 Å². The van der Waals surface area contributed by atoms with Crippen LogP contribution in [0.2, 0.25) is 0 Å². The summed E-state index contributed by atoms with van der Waals surface area (Å²) in [4.78, 5) is 17.1. The second-order valence-electron chi connectivity index (χ2n) is 7.46. The number of nitrogens with zero attached hydrogens (tertiary/aromatic N) is 2. The molecule has 162 valence electrons. The van der Waals surface area contributed by atoms with Crippen LogP contribution in [0.3, 0.4) is 0 Å². The van der Waals surface area contributed by atoms with E-state index >= 15 is 0 Å². The quantitative estimate of drug-likeness (QED) is 0.470. The molecule has 1 amide bonds. The number of fused-ring (bicyclic) bond motifs is 1. The highest BCUT2D eigenvalue weighted by molar-refractivity contribution is 7.89. The fraction of sp³-hybridized carbons (Fsp3) is 0.120. The van der Waals surface area contributed by atoms with Crippen molar-refractivity contribution in [3.8, 4) is 0 Å². The van der Waals surface area contributed by atoms with Gasteiger partial charge in [-0.2, -0.15) is 4.31 Å². The zero-order valence-corrected chi connectivity index (χ0v) is 18.4. The SMILES string of the molecule is CN(CC(=O)NC(c1ccccc1)c1ccncc1)S(=O)(=O)c1ccc2ccccc2c1. The Hall–Kier alpha value is -3.55. The summed E-state index contributed by atoms with van der Waals surface area (Å²) < 4.78 is 27.2. The molecule has 4 rings (SSSR count). The predicted molar refractivity (Wildman–Crippen MR) is 124 cm³/mol. The Morgan fingerprint density at radius 2 is 1.50 bits per heavy atom. The van der Waals surface area contributed by atoms with Crippen molar-refractivity contribution in [3.05, 3.63) is 108 Å². The van der Waals surface area contributed by atoms with Crippen molar-refractivity contribution >= 4 is 26.7 Å². The van der Waals surface area contributed by atoms with Gasteiger partial charge in [0.2, 0.25) is 15.9 Å². The molecule has 0 aliphatic rings. The summed E-state index contributed by atoms with van der Waals surface area (Å²) in [5.74, 6) is -0.400. The molecule has 0 spiro atoms. The van der Waals surface area contributed by atoms with E-state index in [0.29, 0.717) is 0 Å². The number of aromatic nitrogens is 1. The van der Waals surface area contributed by atoms with Crippen LogP contribution in [0, 0.1) is 0 Å². The highest BCUT2D eigenvalue weighted by Crippen LogP contribution is 2.23. The van der Waals surface area contributed by atoms with Crippen molar-refractivity contribution < 1.29 is 13.2 Å². The summed E-state index contributed by atoms with van der Waals surface area (Å²) >= 11 is 0. The number of likely N-dealkylation sites (N-methyl/N-ethyl adjacent to an activating group) is 1. The number of rotatable bonds is 7. The molecular weight excluding hydrogens is 422 g/mol. The van der Waals surface area contributed by atoms with Gasteiger partial charge in [-0.3, -0.25) is 9.78 Å². The molecular formula is C25H23N3O3S. The third kappa shape index (κ3) is 4.69. The fourth-order valence-corrected chi connectivity index (χ4v) is 4.73. The standard InChI is InChI=1S/C25H23N3O3S/c1-28(32(30,31)23-12-11-19-7-5-6-10-22(19)17-23)18-24(29)27-25(20-8-3-2-4-9-20)21-13-15-26-16-14-21/h2-17,25H,18H2,1H3,(H,27,29). The fourth-order valence-electron chi connectivity index (χ4n) is 3.56. The third-order valence-corrected chi connectivity index (χ3v) is 7.07. The summed E-state index contributed by atoms with van der Waals surface area (Å²) in [6.07, 6.45) is 3.32. The van der Waals surface area contributed by atoms with Gasteiger partial charge in [0.05, 0.1) is 17.5 Å². The monoisotopic (exact) mass is 445 g/mol. The van der Waals surface area contributed by atoms with E-state index < -0.39 is 22.0 Å². The number of benzene rings is 3. The third-order valence-electron chi connectivity index (χ3n) is 5.27. The minimum Gasteiger partial charge on any atom is -0.344 e. The Kier molecular flexibility index (Phi) is 6.30. The number of hydrogen-bond donors (Lipinski definition) is 1. The van der Waals surface area contributed by atoms with Crippen molar-refractivity contribution in [2.45, 2.75) is 10.9 Å². The number of nitrogens with one attached hydrogen (secondary N) is 1. The topological polar surface area (TPSA) is 79.4 Å². The largest absolute Gasteiger partial charge is 0.344 e. The molecule has 0 aliphatic carbocycles. The van der Waals surface area contributed by atoms with E-state index in [4.69, 9.17) is 0 Å². The van der Waals surface area contributed by atoms with Crippen LogP contribution in [-0.2, 0) is 14.8 Å². The first-order valence-corrected chi connectivity index (χ1v) is 11.6. The van der Waals surface area contributed by atoms with Gasteiger partial charge in [-0.25, -0.2) is 8.42 Å². The van der Waals surface area contributed by atoms with Crippen LogP contribution in [0.1, 0.15) is 17.2 Å². The molecule has 32 heavy (non-hydrogen) atoms. The van der Waals surface area contributed by atoms with Gasteiger partial charge in [-0.1, -0.05) is 60.7 Å². The normalized spacial score (nSPS) is 12.6. The Balaban J connectivity index is 1.53. The second-order valence-corrected chi connectivity index (χ2v) is 9.51. The first kappa shape index (κ1) is 21.7. The van der Waals surface area contributed by atoms with Gasteiger partial charge in [0.25, 0.3) is 0 Å². The van der Waals surface area contributed by atoms with E-state index in [0.717, 1.165) is 26.2 Å². The van der Waals surface area contributed by atoms with Crippen LogP contribution in [0.25, 0.3) is 10.8 Å². The van der Waals surface area contributed by atoms with E-state index in [2.05, 4.69) is 10.3 Å². The zero-order valence-electron chi connectivity index (χ0n) is 17.5. The Bertz CT molecular complexity index is 1290. The molecule has 0 aliphatic heterocycles. The number of pyridine rings is 1. The molecule has 1 N–H and O–H groups in total. The van der Waals surface area contributed by atoms with E-state index in [1.165, 1.54) is 7.05 Å². The Morgan fingerprint density at radius 3 is 2.22 bits per heavy atom. The van der Waals surface area contributed by atoms with E-state index in [1.54, 1.807) is 30.6 Å². The van der Waals surface area contributed by atoms with Gasteiger partial charge in [-0.05, 0) is 46.2 Å². The maximum atomic E-state index is 13.1. The summed E-state index contributed by atoms with van der Waals surface area (Å²) in [5, 5.41) is 4.74. The lowest BCUT2D eigenvalue weighted by molar-refractivity contribution is -0.121. The molecule has 4 aromatic rings. The first-order valence-electron chi connectivity index (χ1n) is 10.1. The van der Waals surface area contributed by atoms with Gasteiger partial charge < -0.3 is 5.32 Å². The second kappa shape index (κ2) is 9.30. The van der Waals surface area contributed by atoms with Crippen molar-refractivity contribution in [3.63, 3.8) is 0 Å². The average Bonchev–Trinajstić information content (AvgIpc) is 2.83. The van der Waals surface area contributed by atoms with Crippen LogP contribution in [0.15, 0.2) is 102 Å². The minimum absolute atomic E-state index is 0.153. The number of hydrogen-bond acceptors (Lipinski definition) is 4. The summed E-state index contributed by atoms with van der Waals surface area (Å²) in [6, 6.07) is 25.3. The molecule has 6 nitrogen and oxygen atoms in total. The predicted octanol–water partition coefficient (Wildman–Crippen LogP) is 3.76. The summed E-state index contributed by atoms with van der Waals surface area (Å²) in [7, 11) is -2.42. The number of carbonyl (C=O) groups excluding carboxylic acids is 1. The maximum Gasteiger partial charge on any atom is 0.243 e. The summed E-state index contributed by atoms with van der Waals surface area (Å²) in [5.41, 5.74) is 1.76. The molecule has 0 saturated heterocycles. The van der Waals surface area contributed by atoms with Crippen LogP contribution < -0.4 is 5.32 Å². The molecule has 0 radical (unpaired) electrons. The molecule has 1 heterocycles. The van der Waals surface area contributed by atoms with Crippen molar-refractivity contribution in [1.29, 1.82) is 0 Å². The zero-order chi connectivity index (χ0) is 22.6. The van der Waals surface area contributed by atoms with Gasteiger partial charge in [0.1, 0.15) is 0 Å². The van der Waals surface area contributed by atoms with Gasteiger partial charge in [0.15, 0.2) is 0 Å². The van der Waals surface area contributed by atoms with Gasteiger partial charge in [-0.15, -0.1) is 0 Å². The lowest BCUT2D eigenvalue weighted by atomic mass is 10.00. The lowest BCUT2D eigenvalue weighted by Crippen LogP contribution is -2.40. The highest BCUT2D eigenvalue weighted by atomic mass is 32.2. The number of sulfonamides is 1. The van der Waals surface area contributed by atoms with Gasteiger partial charge >= 0.3 is 0 Å². The molecule has 0 bridgehead atoms. The van der Waals surface area contributed by atoms with Crippen LogP contribution >= 0.6 is 0 Å². The molecule has 3 aromatic carbocycles. The Labute approximate surface area is 187 Å². The van der Waals surface area contributed by atoms with Crippen LogP contribution in [-0.4, -0.2) is 37.2 Å².